The Labute approximate surface area is 219 Å². The van der Waals surface area contributed by atoms with Gasteiger partial charge in [-0.25, -0.2) is 0 Å². The molecule has 0 aromatic heterocycles. The summed E-state index contributed by atoms with van der Waals surface area (Å²) in [7, 11) is 0. The molecule has 1 aliphatic carbocycles. The number of hydrogen-bond acceptors (Lipinski definition) is 3. The average Bonchev–Trinajstić information content (AvgIpc) is 2.92. The highest BCUT2D eigenvalue weighted by Gasteiger charge is 2.43. The molecule has 3 rings (SSSR count). The van der Waals surface area contributed by atoms with Gasteiger partial charge in [0.1, 0.15) is 11.8 Å². The third-order valence-electron chi connectivity index (χ3n) is 8.06. The maximum Gasteiger partial charge on any atom is 0.321 e. The van der Waals surface area contributed by atoms with Gasteiger partial charge >= 0.3 is 5.97 Å². The molecule has 194 valence electrons. The zero-order chi connectivity index (χ0) is 25.8. The zero-order valence-corrected chi connectivity index (χ0v) is 22.8. The van der Waals surface area contributed by atoms with Crippen molar-refractivity contribution in [2.75, 3.05) is 0 Å². The standard InChI is InChI=1S/C33H45NO2/c1-4-6-8-11-14-26(3)28-18-21-31(29(24-28)25-34)36-32(35)33(22-12-9-13-23-33)30-19-16-27(17-20-30)15-10-7-5-2/h16-21,24,26H,4-15,22-23H2,1-3H3. The van der Waals surface area contributed by atoms with Gasteiger partial charge in [-0.2, -0.15) is 5.26 Å². The van der Waals surface area contributed by atoms with E-state index in [0.29, 0.717) is 17.2 Å². The van der Waals surface area contributed by atoms with Crippen molar-refractivity contribution in [3.63, 3.8) is 0 Å². The molecule has 0 aliphatic heterocycles. The van der Waals surface area contributed by atoms with E-state index in [1.807, 2.05) is 18.2 Å². The first-order valence-electron chi connectivity index (χ1n) is 14.4. The van der Waals surface area contributed by atoms with E-state index in [-0.39, 0.29) is 5.97 Å². The van der Waals surface area contributed by atoms with Crippen LogP contribution in [0.1, 0.15) is 132 Å². The summed E-state index contributed by atoms with van der Waals surface area (Å²) in [6, 6.07) is 16.7. The van der Waals surface area contributed by atoms with Crippen molar-refractivity contribution in [1.82, 2.24) is 0 Å². The average molecular weight is 488 g/mol. The van der Waals surface area contributed by atoms with Crippen molar-refractivity contribution in [3.05, 3.63) is 64.7 Å². The number of esters is 1. The molecule has 0 saturated heterocycles. The third kappa shape index (κ3) is 7.22. The van der Waals surface area contributed by atoms with Crippen molar-refractivity contribution in [1.29, 1.82) is 5.26 Å². The molecule has 3 heteroatoms. The van der Waals surface area contributed by atoms with Crippen LogP contribution in [0.15, 0.2) is 42.5 Å². The van der Waals surface area contributed by atoms with Gasteiger partial charge in [0.25, 0.3) is 0 Å². The normalized spacial score (nSPS) is 15.7. The minimum absolute atomic E-state index is 0.210. The first kappa shape index (κ1) is 28.0. The largest absolute Gasteiger partial charge is 0.424 e. The predicted molar refractivity (Wildman–Crippen MR) is 148 cm³/mol. The first-order chi connectivity index (χ1) is 17.5. The molecule has 1 saturated carbocycles. The van der Waals surface area contributed by atoms with Crippen molar-refractivity contribution in [2.45, 2.75) is 122 Å². The summed E-state index contributed by atoms with van der Waals surface area (Å²) >= 11 is 0. The lowest BCUT2D eigenvalue weighted by molar-refractivity contribution is -0.142. The maximum atomic E-state index is 13.7. The van der Waals surface area contributed by atoms with Crippen LogP contribution in [0, 0.1) is 11.3 Å². The second-order valence-corrected chi connectivity index (χ2v) is 10.8. The molecule has 1 atom stereocenters. The summed E-state index contributed by atoms with van der Waals surface area (Å²) in [4.78, 5) is 13.7. The highest BCUT2D eigenvalue weighted by Crippen LogP contribution is 2.41. The Kier molecular flexibility index (Phi) is 11.1. The van der Waals surface area contributed by atoms with Gasteiger partial charge in [-0.3, -0.25) is 4.79 Å². The number of unbranched alkanes of at least 4 members (excludes halogenated alkanes) is 5. The van der Waals surface area contributed by atoms with Gasteiger partial charge in [0.05, 0.1) is 11.0 Å². The number of benzene rings is 2. The quantitative estimate of drug-likeness (QED) is 0.161. The fraction of sp³-hybridized carbons (Fsp3) is 0.576. The number of hydrogen-bond donors (Lipinski definition) is 0. The molecule has 0 heterocycles. The maximum absolute atomic E-state index is 13.7. The highest BCUT2D eigenvalue weighted by molar-refractivity contribution is 5.85. The Morgan fingerprint density at radius 1 is 0.944 bits per heavy atom. The van der Waals surface area contributed by atoms with Crippen LogP contribution in [0.25, 0.3) is 0 Å². The van der Waals surface area contributed by atoms with Crippen LogP contribution >= 0.6 is 0 Å². The van der Waals surface area contributed by atoms with Gasteiger partial charge in [0, 0.05) is 0 Å². The molecule has 0 bridgehead atoms. The minimum Gasteiger partial charge on any atom is -0.424 e. The molecular weight excluding hydrogens is 442 g/mol. The number of nitriles is 1. The van der Waals surface area contributed by atoms with E-state index in [9.17, 15) is 10.1 Å². The summed E-state index contributed by atoms with van der Waals surface area (Å²) < 4.78 is 6.03. The van der Waals surface area contributed by atoms with E-state index in [1.54, 1.807) is 0 Å². The lowest BCUT2D eigenvalue weighted by Crippen LogP contribution is -2.41. The lowest BCUT2D eigenvalue weighted by atomic mass is 9.69. The van der Waals surface area contributed by atoms with E-state index in [2.05, 4.69) is 51.1 Å². The first-order valence-corrected chi connectivity index (χ1v) is 14.4. The van der Waals surface area contributed by atoms with Crippen LogP contribution in [0.4, 0.5) is 0 Å². The molecule has 0 amide bonds. The molecule has 1 fully saturated rings. The lowest BCUT2D eigenvalue weighted by Gasteiger charge is -2.35. The van der Waals surface area contributed by atoms with E-state index in [0.717, 1.165) is 56.1 Å². The van der Waals surface area contributed by atoms with Crippen molar-refractivity contribution in [2.24, 2.45) is 0 Å². The van der Waals surface area contributed by atoms with Gasteiger partial charge in [-0.05, 0) is 66.8 Å². The minimum atomic E-state index is -0.627. The summed E-state index contributed by atoms with van der Waals surface area (Å²) in [5.74, 6) is 0.572. The monoisotopic (exact) mass is 487 g/mol. The van der Waals surface area contributed by atoms with Crippen LogP contribution in [0.2, 0.25) is 0 Å². The van der Waals surface area contributed by atoms with E-state index in [1.165, 1.54) is 50.5 Å². The SMILES string of the molecule is CCCCCCC(C)c1ccc(OC(=O)C2(c3ccc(CCCCC)cc3)CCCCC2)c(C#N)c1. The van der Waals surface area contributed by atoms with Crippen LogP contribution in [0.3, 0.4) is 0 Å². The molecule has 1 unspecified atom stereocenters. The molecule has 2 aromatic carbocycles. The van der Waals surface area contributed by atoms with Crippen molar-refractivity contribution >= 4 is 5.97 Å². The molecule has 3 nitrogen and oxygen atoms in total. The zero-order valence-electron chi connectivity index (χ0n) is 22.8. The van der Waals surface area contributed by atoms with Crippen molar-refractivity contribution in [3.8, 4) is 11.8 Å². The molecule has 2 aromatic rings. The second kappa shape index (κ2) is 14.2. The molecule has 0 radical (unpaired) electrons. The summed E-state index contributed by atoms with van der Waals surface area (Å²) in [5, 5.41) is 9.85. The van der Waals surface area contributed by atoms with E-state index in [4.69, 9.17) is 4.74 Å². The molecule has 36 heavy (non-hydrogen) atoms. The number of rotatable bonds is 13. The molecule has 0 N–H and O–H groups in total. The predicted octanol–water partition coefficient (Wildman–Crippen LogP) is 9.17. The van der Waals surface area contributed by atoms with Crippen LogP contribution in [0.5, 0.6) is 5.75 Å². The summed E-state index contributed by atoms with van der Waals surface area (Å²) in [6.45, 7) is 6.67. The number of aryl methyl sites for hydroxylation is 1. The van der Waals surface area contributed by atoms with Crippen LogP contribution in [-0.2, 0) is 16.6 Å². The fourth-order valence-corrected chi connectivity index (χ4v) is 5.61. The Morgan fingerprint density at radius 3 is 2.31 bits per heavy atom. The Bertz CT molecular complexity index is 995. The second-order valence-electron chi connectivity index (χ2n) is 10.8. The molecule has 0 spiro atoms. The van der Waals surface area contributed by atoms with Crippen molar-refractivity contribution < 1.29 is 9.53 Å². The van der Waals surface area contributed by atoms with Gasteiger partial charge in [0.15, 0.2) is 0 Å². The number of nitrogens with zero attached hydrogens (tertiary/aromatic N) is 1. The Morgan fingerprint density at radius 2 is 1.64 bits per heavy atom. The fourth-order valence-electron chi connectivity index (χ4n) is 5.61. The van der Waals surface area contributed by atoms with Crippen LogP contribution in [-0.4, -0.2) is 5.97 Å². The third-order valence-corrected chi connectivity index (χ3v) is 8.06. The summed E-state index contributed by atoms with van der Waals surface area (Å²) in [6.07, 6.45) is 15.6. The summed E-state index contributed by atoms with van der Waals surface area (Å²) in [5.41, 5.74) is 3.37. The Balaban J connectivity index is 1.76. The van der Waals surface area contributed by atoms with Gasteiger partial charge in [-0.1, -0.05) is 109 Å². The van der Waals surface area contributed by atoms with E-state index >= 15 is 0 Å². The van der Waals surface area contributed by atoms with Gasteiger partial charge in [0.2, 0.25) is 0 Å². The smallest absolute Gasteiger partial charge is 0.321 e. The number of carbonyl (C=O) groups is 1. The van der Waals surface area contributed by atoms with E-state index < -0.39 is 5.41 Å². The molecular formula is C33H45NO2. The highest BCUT2D eigenvalue weighted by atomic mass is 16.5. The number of carbonyl (C=O) groups excluding carboxylic acids is 1. The van der Waals surface area contributed by atoms with Gasteiger partial charge in [-0.15, -0.1) is 0 Å². The number of ether oxygens (including phenoxy) is 1. The Hall–Kier alpha value is -2.60. The molecule has 1 aliphatic rings. The van der Waals surface area contributed by atoms with Gasteiger partial charge < -0.3 is 4.74 Å². The van der Waals surface area contributed by atoms with Crippen LogP contribution < -0.4 is 4.74 Å². The topological polar surface area (TPSA) is 50.1 Å².